The SMILES string of the molecule is CC(C)(C(=O)O)n1cc(NC(=O)Cc2ccc(Br)cc2)cn1. The molecule has 22 heavy (non-hydrogen) atoms. The molecule has 2 N–H and O–H groups in total. The van der Waals surface area contributed by atoms with Gasteiger partial charge in [0.2, 0.25) is 5.91 Å². The van der Waals surface area contributed by atoms with Crippen LogP contribution in [0.1, 0.15) is 19.4 Å². The van der Waals surface area contributed by atoms with Crippen LogP contribution in [0.4, 0.5) is 5.69 Å². The molecule has 1 aromatic carbocycles. The van der Waals surface area contributed by atoms with Gasteiger partial charge in [-0.25, -0.2) is 4.79 Å². The molecule has 0 bridgehead atoms. The van der Waals surface area contributed by atoms with Crippen LogP contribution in [0.2, 0.25) is 0 Å². The van der Waals surface area contributed by atoms with Crippen molar-refractivity contribution in [3.63, 3.8) is 0 Å². The Kier molecular flexibility index (Phi) is 4.65. The Labute approximate surface area is 136 Å². The van der Waals surface area contributed by atoms with Gasteiger partial charge in [-0.1, -0.05) is 28.1 Å². The lowest BCUT2D eigenvalue weighted by Gasteiger charge is -2.19. The predicted octanol–water partition coefficient (Wildman–Crippen LogP) is 2.65. The van der Waals surface area contributed by atoms with Gasteiger partial charge in [-0.15, -0.1) is 0 Å². The van der Waals surface area contributed by atoms with Crippen molar-refractivity contribution in [1.29, 1.82) is 0 Å². The lowest BCUT2D eigenvalue weighted by molar-refractivity contribution is -0.146. The highest BCUT2D eigenvalue weighted by molar-refractivity contribution is 9.10. The molecule has 0 spiro atoms. The van der Waals surface area contributed by atoms with E-state index in [2.05, 4.69) is 26.3 Å². The van der Waals surface area contributed by atoms with Gasteiger partial charge in [0.25, 0.3) is 0 Å². The van der Waals surface area contributed by atoms with Crippen molar-refractivity contribution in [3.05, 3.63) is 46.7 Å². The largest absolute Gasteiger partial charge is 0.479 e. The number of halogens is 1. The quantitative estimate of drug-likeness (QED) is 0.852. The van der Waals surface area contributed by atoms with Gasteiger partial charge in [0, 0.05) is 10.7 Å². The molecule has 0 fully saturated rings. The van der Waals surface area contributed by atoms with Crippen molar-refractivity contribution in [2.45, 2.75) is 25.8 Å². The summed E-state index contributed by atoms with van der Waals surface area (Å²) < 4.78 is 2.26. The van der Waals surface area contributed by atoms with Crippen molar-refractivity contribution >= 4 is 33.5 Å². The Morgan fingerprint density at radius 1 is 1.32 bits per heavy atom. The standard InChI is InChI=1S/C15H16BrN3O3/c1-15(2,14(21)22)19-9-12(8-17-19)18-13(20)7-10-3-5-11(16)6-4-10/h3-6,8-9H,7H2,1-2H3,(H,18,20)(H,21,22). The molecule has 1 aromatic heterocycles. The van der Waals surface area contributed by atoms with Crippen molar-refractivity contribution in [1.82, 2.24) is 9.78 Å². The van der Waals surface area contributed by atoms with Gasteiger partial charge in [0.1, 0.15) is 0 Å². The number of carboxylic acid groups (broad SMARTS) is 1. The number of carbonyl (C=O) groups is 2. The second-order valence-corrected chi connectivity index (χ2v) is 6.30. The van der Waals surface area contributed by atoms with Crippen molar-refractivity contribution < 1.29 is 14.7 Å². The summed E-state index contributed by atoms with van der Waals surface area (Å²) in [5, 5.41) is 15.9. The Bertz CT molecular complexity index is 692. The van der Waals surface area contributed by atoms with E-state index in [-0.39, 0.29) is 12.3 Å². The molecule has 0 radical (unpaired) electrons. The minimum Gasteiger partial charge on any atom is -0.479 e. The molecule has 2 rings (SSSR count). The van der Waals surface area contributed by atoms with E-state index in [0.29, 0.717) is 5.69 Å². The summed E-state index contributed by atoms with van der Waals surface area (Å²) in [6, 6.07) is 7.47. The fourth-order valence-corrected chi connectivity index (χ4v) is 2.05. The molecule has 2 aromatic rings. The first-order chi connectivity index (χ1) is 10.3. The molecule has 7 heteroatoms. The van der Waals surface area contributed by atoms with Crippen LogP contribution in [0.5, 0.6) is 0 Å². The molecule has 0 atom stereocenters. The van der Waals surface area contributed by atoms with Crippen LogP contribution in [0.15, 0.2) is 41.1 Å². The normalized spacial score (nSPS) is 11.2. The first kappa shape index (κ1) is 16.2. The van der Waals surface area contributed by atoms with Crippen LogP contribution in [0.3, 0.4) is 0 Å². The van der Waals surface area contributed by atoms with Crippen LogP contribution < -0.4 is 5.32 Å². The summed E-state index contributed by atoms with van der Waals surface area (Å²) in [7, 11) is 0. The Balaban J connectivity index is 2.02. The number of hydrogen-bond donors (Lipinski definition) is 2. The van der Waals surface area contributed by atoms with E-state index in [1.165, 1.54) is 30.9 Å². The number of hydrogen-bond acceptors (Lipinski definition) is 3. The average molecular weight is 366 g/mol. The lowest BCUT2D eigenvalue weighted by Crippen LogP contribution is -2.35. The number of carbonyl (C=O) groups excluding carboxylic acids is 1. The molecule has 116 valence electrons. The molecule has 0 saturated heterocycles. The maximum absolute atomic E-state index is 12.0. The predicted molar refractivity (Wildman–Crippen MR) is 85.7 cm³/mol. The fraction of sp³-hybridized carbons (Fsp3) is 0.267. The highest BCUT2D eigenvalue weighted by Gasteiger charge is 2.30. The fourth-order valence-electron chi connectivity index (χ4n) is 1.78. The number of aliphatic carboxylic acids is 1. The molecule has 6 nitrogen and oxygen atoms in total. The van der Waals surface area contributed by atoms with Gasteiger partial charge in [-0.2, -0.15) is 5.10 Å². The Morgan fingerprint density at radius 3 is 2.55 bits per heavy atom. The third-order valence-electron chi connectivity index (χ3n) is 3.24. The molecular formula is C15H16BrN3O3. The van der Waals surface area contributed by atoms with Crippen LogP contribution in [-0.2, 0) is 21.5 Å². The number of nitrogens with zero attached hydrogens (tertiary/aromatic N) is 2. The molecular weight excluding hydrogens is 350 g/mol. The zero-order valence-corrected chi connectivity index (χ0v) is 13.8. The topological polar surface area (TPSA) is 84.2 Å². The van der Waals surface area contributed by atoms with Gasteiger partial charge in [0.05, 0.1) is 18.3 Å². The van der Waals surface area contributed by atoms with E-state index in [4.69, 9.17) is 5.11 Å². The van der Waals surface area contributed by atoms with Crippen molar-refractivity contribution in [2.75, 3.05) is 5.32 Å². The molecule has 1 heterocycles. The minimum absolute atomic E-state index is 0.185. The first-order valence-electron chi connectivity index (χ1n) is 6.62. The molecule has 1 amide bonds. The smallest absolute Gasteiger partial charge is 0.331 e. The van der Waals surface area contributed by atoms with Gasteiger partial charge in [0.15, 0.2) is 5.54 Å². The number of rotatable bonds is 5. The zero-order valence-electron chi connectivity index (χ0n) is 12.2. The van der Waals surface area contributed by atoms with Crippen LogP contribution in [0.25, 0.3) is 0 Å². The molecule has 0 saturated carbocycles. The molecule has 0 aliphatic heterocycles. The lowest BCUT2D eigenvalue weighted by atomic mass is 10.1. The first-order valence-corrected chi connectivity index (χ1v) is 7.41. The molecule has 0 aliphatic carbocycles. The number of amides is 1. The van der Waals surface area contributed by atoms with Gasteiger partial charge in [-0.05, 0) is 31.5 Å². The zero-order chi connectivity index (χ0) is 16.3. The third kappa shape index (κ3) is 3.73. The summed E-state index contributed by atoms with van der Waals surface area (Å²) >= 11 is 3.34. The third-order valence-corrected chi connectivity index (χ3v) is 3.77. The van der Waals surface area contributed by atoms with E-state index < -0.39 is 11.5 Å². The average Bonchev–Trinajstić information content (AvgIpc) is 2.90. The number of anilines is 1. The number of aromatic nitrogens is 2. The highest BCUT2D eigenvalue weighted by atomic mass is 79.9. The summed E-state index contributed by atoms with van der Waals surface area (Å²) in [5.74, 6) is -1.18. The summed E-state index contributed by atoms with van der Waals surface area (Å²) in [6.07, 6.45) is 3.18. The number of carboxylic acids is 1. The van der Waals surface area contributed by atoms with Crippen molar-refractivity contribution in [2.24, 2.45) is 0 Å². The Hall–Kier alpha value is -2.15. The van der Waals surface area contributed by atoms with Crippen molar-refractivity contribution in [3.8, 4) is 0 Å². The number of benzene rings is 1. The molecule has 0 aliphatic rings. The van der Waals surface area contributed by atoms with E-state index in [1.807, 2.05) is 24.3 Å². The van der Waals surface area contributed by atoms with Gasteiger partial charge >= 0.3 is 5.97 Å². The minimum atomic E-state index is -1.17. The highest BCUT2D eigenvalue weighted by Crippen LogP contribution is 2.17. The summed E-state index contributed by atoms with van der Waals surface area (Å²) in [4.78, 5) is 23.2. The number of nitrogens with one attached hydrogen (secondary N) is 1. The van der Waals surface area contributed by atoms with Gasteiger partial charge in [-0.3, -0.25) is 9.48 Å². The second-order valence-electron chi connectivity index (χ2n) is 5.39. The maximum Gasteiger partial charge on any atom is 0.331 e. The van der Waals surface area contributed by atoms with Crippen LogP contribution in [0, 0.1) is 0 Å². The summed E-state index contributed by atoms with van der Waals surface area (Å²) in [5.41, 5.74) is 0.185. The van der Waals surface area contributed by atoms with E-state index in [1.54, 1.807) is 0 Å². The van der Waals surface area contributed by atoms with Crippen LogP contribution >= 0.6 is 15.9 Å². The Morgan fingerprint density at radius 2 is 1.95 bits per heavy atom. The van der Waals surface area contributed by atoms with E-state index in [0.717, 1.165) is 10.0 Å². The van der Waals surface area contributed by atoms with Gasteiger partial charge < -0.3 is 10.4 Å². The van der Waals surface area contributed by atoms with Crippen LogP contribution in [-0.4, -0.2) is 26.8 Å². The molecule has 0 unspecified atom stereocenters. The van der Waals surface area contributed by atoms with E-state index in [9.17, 15) is 9.59 Å². The van der Waals surface area contributed by atoms with E-state index >= 15 is 0 Å². The summed E-state index contributed by atoms with van der Waals surface area (Å²) in [6.45, 7) is 3.07. The second kappa shape index (κ2) is 6.31. The maximum atomic E-state index is 12.0. The monoisotopic (exact) mass is 365 g/mol.